The van der Waals surface area contributed by atoms with Crippen LogP contribution in [0.2, 0.25) is 0 Å². The van der Waals surface area contributed by atoms with Crippen LogP contribution in [0.4, 0.5) is 5.82 Å². The van der Waals surface area contributed by atoms with Gasteiger partial charge in [-0.15, -0.1) is 0 Å². The number of nitrogens with one attached hydrogen (secondary N) is 1. The molecule has 1 aliphatic carbocycles. The third-order valence-corrected chi connectivity index (χ3v) is 8.20. The van der Waals surface area contributed by atoms with Crippen molar-refractivity contribution in [3.05, 3.63) is 65.9 Å². The molecule has 5 rings (SSSR count). The fourth-order valence-corrected chi connectivity index (χ4v) is 5.11. The van der Waals surface area contributed by atoms with Crippen LogP contribution in [0.1, 0.15) is 24.0 Å². The number of aromatic nitrogens is 1. The van der Waals surface area contributed by atoms with Gasteiger partial charge in [0.25, 0.3) is 0 Å². The number of carbonyl (C=O) groups excluding carboxylic acids is 1. The molecular formula is C25H25N3O5S. The second-order valence-corrected chi connectivity index (χ2v) is 11.0. The van der Waals surface area contributed by atoms with Crippen LogP contribution in [-0.2, 0) is 20.2 Å². The molecule has 176 valence electrons. The summed E-state index contributed by atoms with van der Waals surface area (Å²) in [4.78, 5) is 17.8. The quantitative estimate of drug-likeness (QED) is 0.579. The first kappa shape index (κ1) is 22.4. The number of hydrogen-bond acceptors (Lipinski definition) is 6. The minimum Gasteiger partial charge on any atom is -0.454 e. The van der Waals surface area contributed by atoms with Crippen molar-refractivity contribution in [2.75, 3.05) is 26.2 Å². The zero-order valence-electron chi connectivity index (χ0n) is 19.2. The number of nitrogens with zero attached hydrogens (tertiary/aromatic N) is 2. The minimum absolute atomic E-state index is 0.106. The maximum atomic E-state index is 13.2. The van der Waals surface area contributed by atoms with Gasteiger partial charge in [-0.2, -0.15) is 0 Å². The highest BCUT2D eigenvalue weighted by Crippen LogP contribution is 2.51. The third-order valence-electron chi connectivity index (χ3n) is 6.39. The number of anilines is 1. The standard InChI is InChI=1S/C25H25N3O5S/c1-16-11-23(26-14-20(16)17-5-4-6-19(12-17)34(30,31)28(2)3)27-24(29)25(9-10-25)18-7-8-21-22(13-18)33-15-32-21/h4-8,11-14H,9-10,15H2,1-3H3,(H,26,27,29). The Hall–Kier alpha value is -3.43. The summed E-state index contributed by atoms with van der Waals surface area (Å²) >= 11 is 0. The Balaban J connectivity index is 1.37. The summed E-state index contributed by atoms with van der Waals surface area (Å²) in [5.74, 6) is 1.70. The van der Waals surface area contributed by atoms with Crippen LogP contribution in [0.3, 0.4) is 0 Å². The zero-order valence-corrected chi connectivity index (χ0v) is 20.0. The van der Waals surface area contributed by atoms with E-state index in [0.717, 1.165) is 35.1 Å². The second kappa shape index (κ2) is 8.11. The number of amides is 1. The second-order valence-electron chi connectivity index (χ2n) is 8.80. The van der Waals surface area contributed by atoms with Crippen LogP contribution < -0.4 is 14.8 Å². The lowest BCUT2D eigenvalue weighted by atomic mass is 9.94. The Morgan fingerprint density at radius 1 is 1.06 bits per heavy atom. The van der Waals surface area contributed by atoms with Crippen molar-refractivity contribution in [1.82, 2.24) is 9.29 Å². The molecule has 1 amide bonds. The molecule has 1 fully saturated rings. The summed E-state index contributed by atoms with van der Waals surface area (Å²) in [6, 6.07) is 14.2. The topological polar surface area (TPSA) is 97.8 Å². The number of aryl methyl sites for hydroxylation is 1. The lowest BCUT2D eigenvalue weighted by Crippen LogP contribution is -2.28. The summed E-state index contributed by atoms with van der Waals surface area (Å²) in [5.41, 5.74) is 2.72. The SMILES string of the molecule is Cc1cc(NC(=O)C2(c3ccc4c(c3)OCO4)CC2)ncc1-c1cccc(S(=O)(=O)N(C)C)c1. The number of fused-ring (bicyclic) bond motifs is 1. The summed E-state index contributed by atoms with van der Waals surface area (Å²) in [6.45, 7) is 2.10. The summed E-state index contributed by atoms with van der Waals surface area (Å²) in [5, 5.41) is 2.96. The van der Waals surface area contributed by atoms with E-state index in [1.807, 2.05) is 31.2 Å². The van der Waals surface area contributed by atoms with E-state index in [9.17, 15) is 13.2 Å². The van der Waals surface area contributed by atoms with E-state index in [4.69, 9.17) is 9.47 Å². The van der Waals surface area contributed by atoms with Crippen LogP contribution in [0, 0.1) is 6.92 Å². The van der Waals surface area contributed by atoms with Gasteiger partial charge in [-0.1, -0.05) is 18.2 Å². The predicted molar refractivity (Wildman–Crippen MR) is 127 cm³/mol. The van der Waals surface area contributed by atoms with Crippen LogP contribution in [0.5, 0.6) is 11.5 Å². The maximum Gasteiger partial charge on any atom is 0.242 e. The van der Waals surface area contributed by atoms with Gasteiger partial charge in [0.05, 0.1) is 10.3 Å². The predicted octanol–water partition coefficient (Wildman–Crippen LogP) is 3.71. The Bertz CT molecular complexity index is 1400. The molecule has 0 atom stereocenters. The Labute approximate surface area is 198 Å². The summed E-state index contributed by atoms with van der Waals surface area (Å²) < 4.78 is 37.0. The average Bonchev–Trinajstić information content (AvgIpc) is 3.50. The molecule has 1 aromatic heterocycles. The van der Waals surface area contributed by atoms with E-state index in [0.29, 0.717) is 17.3 Å². The highest BCUT2D eigenvalue weighted by molar-refractivity contribution is 7.89. The lowest BCUT2D eigenvalue weighted by Gasteiger charge is -2.17. The van der Waals surface area contributed by atoms with Gasteiger partial charge in [-0.3, -0.25) is 4.79 Å². The number of sulfonamides is 1. The van der Waals surface area contributed by atoms with Gasteiger partial charge in [-0.25, -0.2) is 17.7 Å². The van der Waals surface area contributed by atoms with Gasteiger partial charge < -0.3 is 14.8 Å². The molecule has 3 aromatic rings. The molecule has 0 bridgehead atoms. The van der Waals surface area contributed by atoms with E-state index in [1.54, 1.807) is 30.5 Å². The first-order valence-corrected chi connectivity index (χ1v) is 12.4. The normalized spacial score (nSPS) is 15.9. The highest BCUT2D eigenvalue weighted by Gasteiger charge is 2.51. The average molecular weight is 480 g/mol. The number of benzene rings is 2. The molecule has 8 nitrogen and oxygen atoms in total. The monoisotopic (exact) mass is 479 g/mol. The van der Waals surface area contributed by atoms with E-state index in [1.165, 1.54) is 18.4 Å². The molecule has 0 radical (unpaired) electrons. The Morgan fingerprint density at radius 3 is 2.53 bits per heavy atom. The van der Waals surface area contributed by atoms with Crippen LogP contribution in [0.15, 0.2) is 59.6 Å². The summed E-state index contributed by atoms with van der Waals surface area (Å²) in [7, 11) is -0.540. The number of rotatable bonds is 6. The largest absolute Gasteiger partial charge is 0.454 e. The molecule has 0 saturated heterocycles. The Morgan fingerprint density at radius 2 is 1.82 bits per heavy atom. The van der Waals surface area contributed by atoms with Crippen molar-refractivity contribution in [2.45, 2.75) is 30.1 Å². The molecule has 9 heteroatoms. The third kappa shape index (κ3) is 3.80. The number of pyridine rings is 1. The van der Waals surface area contributed by atoms with E-state index >= 15 is 0 Å². The van der Waals surface area contributed by atoms with Crippen LogP contribution in [0.25, 0.3) is 11.1 Å². The maximum absolute atomic E-state index is 13.2. The molecule has 2 aliphatic rings. The van der Waals surface area contributed by atoms with Gasteiger partial charge in [-0.05, 0) is 66.8 Å². The Kier molecular flexibility index (Phi) is 5.33. The van der Waals surface area contributed by atoms with Crippen molar-refractivity contribution in [3.8, 4) is 22.6 Å². The number of hydrogen-bond donors (Lipinski definition) is 1. The molecule has 0 spiro atoms. The van der Waals surface area contributed by atoms with Crippen molar-refractivity contribution in [3.63, 3.8) is 0 Å². The smallest absolute Gasteiger partial charge is 0.242 e. The van der Waals surface area contributed by atoms with E-state index < -0.39 is 15.4 Å². The highest BCUT2D eigenvalue weighted by atomic mass is 32.2. The summed E-state index contributed by atoms with van der Waals surface area (Å²) in [6.07, 6.45) is 3.16. The lowest BCUT2D eigenvalue weighted by molar-refractivity contribution is -0.118. The van der Waals surface area contributed by atoms with Crippen LogP contribution >= 0.6 is 0 Å². The zero-order chi connectivity index (χ0) is 24.1. The van der Waals surface area contributed by atoms with Gasteiger partial charge >= 0.3 is 0 Å². The first-order valence-electron chi connectivity index (χ1n) is 10.9. The van der Waals surface area contributed by atoms with Crippen molar-refractivity contribution in [2.24, 2.45) is 0 Å². The van der Waals surface area contributed by atoms with Crippen molar-refractivity contribution >= 4 is 21.7 Å². The van der Waals surface area contributed by atoms with Crippen molar-refractivity contribution < 1.29 is 22.7 Å². The van der Waals surface area contributed by atoms with Gasteiger partial charge in [0.2, 0.25) is 22.7 Å². The molecule has 0 unspecified atom stereocenters. The first-order chi connectivity index (χ1) is 16.2. The molecule has 1 aliphatic heterocycles. The minimum atomic E-state index is -3.54. The molecule has 1 saturated carbocycles. The fraction of sp³-hybridized carbons (Fsp3) is 0.280. The number of ether oxygens (including phenoxy) is 2. The van der Waals surface area contributed by atoms with Crippen LogP contribution in [-0.4, -0.2) is 44.5 Å². The van der Waals surface area contributed by atoms with E-state index in [-0.39, 0.29) is 17.6 Å². The van der Waals surface area contributed by atoms with E-state index in [2.05, 4.69) is 10.3 Å². The molecule has 2 heterocycles. The molecule has 2 aromatic carbocycles. The van der Waals surface area contributed by atoms with Gasteiger partial charge in [0, 0.05) is 25.9 Å². The van der Waals surface area contributed by atoms with Gasteiger partial charge in [0.15, 0.2) is 11.5 Å². The van der Waals surface area contributed by atoms with Crippen molar-refractivity contribution in [1.29, 1.82) is 0 Å². The molecule has 1 N–H and O–H groups in total. The molecular weight excluding hydrogens is 454 g/mol. The number of carbonyl (C=O) groups is 1. The van der Waals surface area contributed by atoms with Gasteiger partial charge in [0.1, 0.15) is 5.82 Å². The molecule has 34 heavy (non-hydrogen) atoms. The fourth-order valence-electron chi connectivity index (χ4n) is 4.16.